The molecule has 7 aromatic rings. The lowest BCUT2D eigenvalue weighted by atomic mass is 9.85. The van der Waals surface area contributed by atoms with Crippen molar-refractivity contribution in [2.24, 2.45) is 0 Å². The molecule has 1 aliphatic heterocycles. The molecule has 0 spiro atoms. The van der Waals surface area contributed by atoms with E-state index in [0.29, 0.717) is 5.92 Å². The number of hydrogen-bond acceptors (Lipinski definition) is 3. The minimum Gasteiger partial charge on any atom is -0.485 e. The third-order valence-electron chi connectivity index (χ3n) is 9.12. The van der Waals surface area contributed by atoms with Crippen molar-refractivity contribution in [3.8, 4) is 39.7 Å². The van der Waals surface area contributed by atoms with Gasteiger partial charge in [-0.25, -0.2) is 9.97 Å². The highest BCUT2D eigenvalue weighted by Gasteiger charge is 2.34. The number of fused-ring (bicyclic) bond motifs is 9. The first-order valence-electron chi connectivity index (χ1n) is 15.1. The van der Waals surface area contributed by atoms with Gasteiger partial charge in [0.25, 0.3) is 0 Å². The molecule has 2 aliphatic rings. The van der Waals surface area contributed by atoms with E-state index in [0.717, 1.165) is 52.5 Å². The summed E-state index contributed by atoms with van der Waals surface area (Å²) in [6.07, 6.45) is 6.92. The van der Waals surface area contributed by atoms with Crippen LogP contribution < -0.4 is 4.74 Å². The van der Waals surface area contributed by atoms with E-state index in [4.69, 9.17) is 14.7 Å². The first-order valence-corrected chi connectivity index (χ1v) is 15.1. The van der Waals surface area contributed by atoms with Gasteiger partial charge in [-0.2, -0.15) is 0 Å². The predicted molar refractivity (Wildman–Crippen MR) is 176 cm³/mol. The van der Waals surface area contributed by atoms with Gasteiger partial charge >= 0.3 is 0 Å². The maximum absolute atomic E-state index is 6.48. The second-order valence-electron chi connectivity index (χ2n) is 11.6. The molecule has 204 valence electrons. The van der Waals surface area contributed by atoms with Crippen molar-refractivity contribution in [2.45, 2.75) is 24.9 Å². The molecule has 0 amide bonds. The maximum Gasteiger partial charge on any atom is 0.160 e. The van der Waals surface area contributed by atoms with E-state index in [1.54, 1.807) is 0 Å². The number of rotatable bonds is 3. The Bertz CT molecular complexity index is 2160. The SMILES string of the molecule is C1=CC2Oc3cc4c5ccc(-c6cc(-c7ccccc7)nc(-c7ccccc7)n6)cc5c5ccccc5c4cc3C2CC1. The van der Waals surface area contributed by atoms with E-state index in [2.05, 4.69) is 109 Å². The molecule has 1 aromatic heterocycles. The standard InChI is InChI=1S/C40H28N2O/c1-3-11-25(12-4-1)36-24-37(42-40(41-36)26-13-5-2-6-14-26)27-19-20-30-32(21-27)28-15-7-8-16-29(28)33-22-35-31-17-9-10-18-38(31)43-39(35)23-34(30)33/h1-8,10-16,18-24,31,38H,9,17H2. The Balaban J connectivity index is 1.27. The van der Waals surface area contributed by atoms with Crippen LogP contribution in [0.1, 0.15) is 24.3 Å². The van der Waals surface area contributed by atoms with Crippen molar-refractivity contribution < 1.29 is 4.74 Å². The predicted octanol–water partition coefficient (Wildman–Crippen LogP) is 10.1. The molecule has 0 saturated heterocycles. The summed E-state index contributed by atoms with van der Waals surface area (Å²) < 4.78 is 6.48. The Morgan fingerprint density at radius 2 is 1.16 bits per heavy atom. The van der Waals surface area contributed by atoms with Gasteiger partial charge in [0.15, 0.2) is 5.82 Å². The highest BCUT2D eigenvalue weighted by atomic mass is 16.5. The Kier molecular flexibility index (Phi) is 5.45. The Hall–Kier alpha value is -5.28. The smallest absolute Gasteiger partial charge is 0.160 e. The minimum atomic E-state index is 0.153. The lowest BCUT2D eigenvalue weighted by Crippen LogP contribution is -2.18. The Morgan fingerprint density at radius 1 is 0.535 bits per heavy atom. The van der Waals surface area contributed by atoms with Gasteiger partial charge in [-0.1, -0.05) is 103 Å². The molecular formula is C40H28N2O. The summed E-state index contributed by atoms with van der Waals surface area (Å²) in [5, 5.41) is 7.52. The summed E-state index contributed by atoms with van der Waals surface area (Å²) in [5.41, 5.74) is 6.32. The van der Waals surface area contributed by atoms with Crippen LogP contribution in [0.5, 0.6) is 5.75 Å². The molecule has 0 fully saturated rings. The lowest BCUT2D eigenvalue weighted by molar-refractivity contribution is 0.244. The van der Waals surface area contributed by atoms with E-state index in [1.807, 2.05) is 24.3 Å². The van der Waals surface area contributed by atoms with E-state index in [9.17, 15) is 0 Å². The Morgan fingerprint density at radius 3 is 1.93 bits per heavy atom. The normalized spacial score (nSPS) is 17.2. The average Bonchev–Trinajstić information content (AvgIpc) is 3.45. The second kappa shape index (κ2) is 9.64. The fourth-order valence-corrected chi connectivity index (χ4v) is 7.02. The van der Waals surface area contributed by atoms with E-state index in [-0.39, 0.29) is 6.10 Å². The molecule has 3 nitrogen and oxygen atoms in total. The molecule has 9 rings (SSSR count). The summed E-state index contributed by atoms with van der Waals surface area (Å²) in [6, 6.07) is 43.0. The van der Waals surface area contributed by atoms with Gasteiger partial charge in [0.05, 0.1) is 11.4 Å². The van der Waals surface area contributed by atoms with Crippen molar-refractivity contribution in [1.29, 1.82) is 0 Å². The number of nitrogens with zero attached hydrogens (tertiary/aromatic N) is 2. The van der Waals surface area contributed by atoms with Crippen molar-refractivity contribution in [2.75, 3.05) is 0 Å². The topological polar surface area (TPSA) is 35.0 Å². The van der Waals surface area contributed by atoms with E-state index >= 15 is 0 Å². The zero-order valence-electron chi connectivity index (χ0n) is 23.6. The molecule has 6 aromatic carbocycles. The molecule has 0 saturated carbocycles. The third kappa shape index (κ3) is 3.96. The van der Waals surface area contributed by atoms with Gasteiger partial charge < -0.3 is 4.74 Å². The maximum atomic E-state index is 6.48. The highest BCUT2D eigenvalue weighted by molar-refractivity contribution is 6.26. The molecule has 1 aliphatic carbocycles. The lowest BCUT2D eigenvalue weighted by Gasteiger charge is -2.18. The van der Waals surface area contributed by atoms with E-state index in [1.165, 1.54) is 37.9 Å². The van der Waals surface area contributed by atoms with E-state index < -0.39 is 0 Å². The van der Waals surface area contributed by atoms with Crippen LogP contribution in [0, 0.1) is 0 Å². The van der Waals surface area contributed by atoms with Crippen LogP contribution in [0.3, 0.4) is 0 Å². The van der Waals surface area contributed by atoms with Gasteiger partial charge in [-0.3, -0.25) is 0 Å². The van der Waals surface area contributed by atoms with Gasteiger partial charge in [0.1, 0.15) is 11.9 Å². The average molecular weight is 553 g/mol. The summed E-state index contributed by atoms with van der Waals surface area (Å²) >= 11 is 0. The largest absolute Gasteiger partial charge is 0.485 e. The molecule has 43 heavy (non-hydrogen) atoms. The summed E-state index contributed by atoms with van der Waals surface area (Å²) in [4.78, 5) is 10.1. The summed E-state index contributed by atoms with van der Waals surface area (Å²) in [7, 11) is 0. The molecule has 0 radical (unpaired) electrons. The van der Waals surface area contributed by atoms with Crippen LogP contribution in [0.25, 0.3) is 66.2 Å². The number of benzene rings is 6. The molecule has 2 atom stereocenters. The fourth-order valence-electron chi connectivity index (χ4n) is 7.02. The molecule has 3 heteroatoms. The Labute approximate surface area is 250 Å². The highest BCUT2D eigenvalue weighted by Crippen LogP contribution is 2.48. The van der Waals surface area contributed by atoms with Crippen LogP contribution in [0.2, 0.25) is 0 Å². The first-order chi connectivity index (χ1) is 21.3. The van der Waals surface area contributed by atoms with Crippen molar-refractivity contribution in [1.82, 2.24) is 9.97 Å². The van der Waals surface area contributed by atoms with Crippen molar-refractivity contribution >= 4 is 32.3 Å². The monoisotopic (exact) mass is 552 g/mol. The van der Waals surface area contributed by atoms with Crippen LogP contribution in [-0.4, -0.2) is 16.1 Å². The van der Waals surface area contributed by atoms with Crippen LogP contribution in [0.4, 0.5) is 0 Å². The van der Waals surface area contributed by atoms with Gasteiger partial charge in [-0.05, 0) is 75.5 Å². The summed E-state index contributed by atoms with van der Waals surface area (Å²) in [6.45, 7) is 0. The van der Waals surface area contributed by atoms with Crippen molar-refractivity contribution in [3.05, 3.63) is 139 Å². The fraction of sp³-hybridized carbons (Fsp3) is 0.100. The van der Waals surface area contributed by atoms with Gasteiger partial charge in [-0.15, -0.1) is 0 Å². The summed E-state index contributed by atoms with van der Waals surface area (Å²) in [5.74, 6) is 2.20. The van der Waals surface area contributed by atoms with Crippen LogP contribution >= 0.6 is 0 Å². The molecule has 0 N–H and O–H groups in total. The number of ether oxygens (including phenoxy) is 1. The molecule has 2 heterocycles. The molecular weight excluding hydrogens is 524 g/mol. The number of hydrogen-bond donors (Lipinski definition) is 0. The van der Waals surface area contributed by atoms with Crippen molar-refractivity contribution in [3.63, 3.8) is 0 Å². The number of aromatic nitrogens is 2. The van der Waals surface area contributed by atoms with Gasteiger partial charge in [0.2, 0.25) is 0 Å². The second-order valence-corrected chi connectivity index (χ2v) is 11.6. The third-order valence-corrected chi connectivity index (χ3v) is 9.12. The quantitative estimate of drug-likeness (QED) is 0.162. The van der Waals surface area contributed by atoms with Crippen LogP contribution in [-0.2, 0) is 0 Å². The molecule has 2 unspecified atom stereocenters. The number of allylic oxidation sites excluding steroid dienone is 1. The first kappa shape index (κ1) is 24.3. The van der Waals surface area contributed by atoms with Gasteiger partial charge in [0, 0.05) is 28.2 Å². The molecule has 0 bridgehead atoms. The van der Waals surface area contributed by atoms with Crippen LogP contribution in [0.15, 0.2) is 133 Å². The minimum absolute atomic E-state index is 0.153. The zero-order valence-corrected chi connectivity index (χ0v) is 23.6. The zero-order chi connectivity index (χ0) is 28.3.